The summed E-state index contributed by atoms with van der Waals surface area (Å²) in [5, 5.41) is 3.17. The predicted molar refractivity (Wildman–Crippen MR) is 114 cm³/mol. The van der Waals surface area contributed by atoms with Gasteiger partial charge in [0.25, 0.3) is 5.91 Å². The summed E-state index contributed by atoms with van der Waals surface area (Å²) in [5.41, 5.74) is 0.666. The molecule has 6 nitrogen and oxygen atoms in total. The molecule has 0 spiro atoms. The minimum absolute atomic E-state index is 0.0465. The number of hydrogen-bond donors (Lipinski definition) is 1. The Balaban J connectivity index is 1.32. The smallest absolute Gasteiger partial charge is 0.251 e. The lowest BCUT2D eigenvalue weighted by Gasteiger charge is -2.32. The highest BCUT2D eigenvalue weighted by molar-refractivity contribution is 5.95. The molecule has 29 heavy (non-hydrogen) atoms. The first kappa shape index (κ1) is 20.2. The summed E-state index contributed by atoms with van der Waals surface area (Å²) in [6.07, 6.45) is 10.2. The molecule has 1 aromatic heterocycles. The van der Waals surface area contributed by atoms with Crippen molar-refractivity contribution >= 4 is 17.6 Å². The van der Waals surface area contributed by atoms with E-state index in [1.54, 1.807) is 12.3 Å². The molecule has 4 rings (SSSR count). The van der Waals surface area contributed by atoms with Gasteiger partial charge in [-0.2, -0.15) is 0 Å². The molecule has 3 atom stereocenters. The molecule has 0 bridgehead atoms. The topological polar surface area (TPSA) is 65.5 Å². The normalized spacial score (nSPS) is 27.7. The number of likely N-dealkylation sites (tertiary alicyclic amines) is 1. The fourth-order valence-corrected chi connectivity index (χ4v) is 5.11. The Kier molecular flexibility index (Phi) is 6.36. The lowest BCUT2D eigenvalue weighted by molar-refractivity contribution is -0.136. The highest BCUT2D eigenvalue weighted by Crippen LogP contribution is 2.29. The van der Waals surface area contributed by atoms with Crippen LogP contribution in [0.4, 0.5) is 5.82 Å². The van der Waals surface area contributed by atoms with Gasteiger partial charge in [-0.3, -0.25) is 9.59 Å². The highest BCUT2D eigenvalue weighted by Gasteiger charge is 2.33. The van der Waals surface area contributed by atoms with Gasteiger partial charge in [0.05, 0.1) is 0 Å². The van der Waals surface area contributed by atoms with Crippen molar-refractivity contribution in [2.75, 3.05) is 31.1 Å². The van der Waals surface area contributed by atoms with E-state index >= 15 is 0 Å². The second-order valence-corrected chi connectivity index (χ2v) is 9.16. The standard InChI is InChI=1S/C23H34N4O2/c1-17-6-5-13-27(16-17)21-15-18(9-10-24-21)22(28)25-20-8-7-19(14-20)23(29)26-11-3-2-4-12-26/h9-10,15,17,19-20H,2-8,11-14,16H2,1H3,(H,25,28)/t17?,19-,20+/m1/s1. The van der Waals surface area contributed by atoms with Gasteiger partial charge in [-0.15, -0.1) is 0 Å². The summed E-state index contributed by atoms with van der Waals surface area (Å²) in [5.74, 6) is 1.88. The maximum atomic E-state index is 12.8. The van der Waals surface area contributed by atoms with Crippen LogP contribution in [-0.2, 0) is 4.79 Å². The Labute approximate surface area is 174 Å². The lowest BCUT2D eigenvalue weighted by atomic mass is 10.0. The molecule has 6 heteroatoms. The van der Waals surface area contributed by atoms with E-state index in [0.29, 0.717) is 17.4 Å². The quantitative estimate of drug-likeness (QED) is 0.846. The number of anilines is 1. The average molecular weight is 399 g/mol. The van der Waals surface area contributed by atoms with E-state index in [1.165, 1.54) is 19.3 Å². The Bertz CT molecular complexity index is 731. The molecule has 1 aliphatic carbocycles. The molecule has 1 unspecified atom stereocenters. The summed E-state index contributed by atoms with van der Waals surface area (Å²) in [6.45, 7) is 6.08. The van der Waals surface area contributed by atoms with Crippen LogP contribution in [-0.4, -0.2) is 53.9 Å². The largest absolute Gasteiger partial charge is 0.356 e. The lowest BCUT2D eigenvalue weighted by Crippen LogP contribution is -2.40. The zero-order valence-electron chi connectivity index (χ0n) is 17.6. The SMILES string of the molecule is CC1CCCN(c2cc(C(=O)N[C@H]3CC[C@@H](C(=O)N4CCCCC4)C3)ccn2)C1. The van der Waals surface area contributed by atoms with Gasteiger partial charge in [-0.25, -0.2) is 4.98 Å². The summed E-state index contributed by atoms with van der Waals surface area (Å²) in [4.78, 5) is 34.4. The number of carbonyl (C=O) groups excluding carboxylic acids is 2. The van der Waals surface area contributed by atoms with Crippen LogP contribution in [0.1, 0.15) is 68.6 Å². The van der Waals surface area contributed by atoms with Crippen LogP contribution in [0, 0.1) is 11.8 Å². The molecule has 2 aliphatic heterocycles. The van der Waals surface area contributed by atoms with Gasteiger partial charge in [0.2, 0.25) is 5.91 Å². The van der Waals surface area contributed by atoms with Gasteiger partial charge < -0.3 is 15.1 Å². The summed E-state index contributed by atoms with van der Waals surface area (Å²) >= 11 is 0. The number of nitrogens with one attached hydrogen (secondary N) is 1. The maximum Gasteiger partial charge on any atom is 0.251 e. The van der Waals surface area contributed by atoms with Gasteiger partial charge in [-0.05, 0) is 69.4 Å². The minimum atomic E-state index is -0.0465. The number of amides is 2. The Morgan fingerprint density at radius 3 is 2.69 bits per heavy atom. The fraction of sp³-hybridized carbons (Fsp3) is 0.696. The summed E-state index contributed by atoms with van der Waals surface area (Å²) in [6, 6.07) is 3.80. The number of piperidine rings is 2. The van der Waals surface area contributed by atoms with Gasteiger partial charge in [0.15, 0.2) is 0 Å². The van der Waals surface area contributed by atoms with Crippen LogP contribution in [0.5, 0.6) is 0 Å². The fourth-order valence-electron chi connectivity index (χ4n) is 5.11. The third-order valence-electron chi connectivity index (χ3n) is 6.77. The van der Waals surface area contributed by atoms with E-state index in [4.69, 9.17) is 0 Å². The molecule has 1 N–H and O–H groups in total. The number of aromatic nitrogens is 1. The Morgan fingerprint density at radius 1 is 1.07 bits per heavy atom. The van der Waals surface area contributed by atoms with Gasteiger partial charge in [0.1, 0.15) is 5.82 Å². The minimum Gasteiger partial charge on any atom is -0.356 e. The van der Waals surface area contributed by atoms with Crippen molar-refractivity contribution in [2.24, 2.45) is 11.8 Å². The third-order valence-corrected chi connectivity index (χ3v) is 6.77. The molecule has 1 saturated carbocycles. The first-order valence-corrected chi connectivity index (χ1v) is 11.4. The van der Waals surface area contributed by atoms with Crippen LogP contribution >= 0.6 is 0 Å². The molecule has 3 fully saturated rings. The molecule has 3 aliphatic rings. The highest BCUT2D eigenvalue weighted by atomic mass is 16.2. The third kappa shape index (κ3) is 4.90. The monoisotopic (exact) mass is 398 g/mol. The molecule has 2 amide bonds. The summed E-state index contributed by atoms with van der Waals surface area (Å²) in [7, 11) is 0. The molecule has 0 radical (unpaired) electrons. The first-order chi connectivity index (χ1) is 14.1. The second-order valence-electron chi connectivity index (χ2n) is 9.16. The van der Waals surface area contributed by atoms with Crippen LogP contribution in [0.2, 0.25) is 0 Å². The van der Waals surface area contributed by atoms with Gasteiger partial charge in [0, 0.05) is 49.9 Å². The van der Waals surface area contributed by atoms with E-state index in [0.717, 1.165) is 64.1 Å². The Hall–Kier alpha value is -2.11. The second kappa shape index (κ2) is 9.14. The van der Waals surface area contributed by atoms with Crippen molar-refractivity contribution < 1.29 is 9.59 Å². The zero-order valence-corrected chi connectivity index (χ0v) is 17.6. The number of nitrogens with zero attached hydrogens (tertiary/aromatic N) is 3. The van der Waals surface area contributed by atoms with E-state index in [1.807, 2.05) is 11.0 Å². The number of hydrogen-bond acceptors (Lipinski definition) is 4. The number of pyridine rings is 1. The summed E-state index contributed by atoms with van der Waals surface area (Å²) < 4.78 is 0. The number of rotatable bonds is 4. The van der Waals surface area contributed by atoms with Gasteiger partial charge >= 0.3 is 0 Å². The van der Waals surface area contributed by atoms with E-state index in [9.17, 15) is 9.59 Å². The molecule has 0 aromatic carbocycles. The van der Waals surface area contributed by atoms with Crippen molar-refractivity contribution in [3.8, 4) is 0 Å². The van der Waals surface area contributed by atoms with Crippen LogP contribution < -0.4 is 10.2 Å². The molecule has 2 saturated heterocycles. The van der Waals surface area contributed by atoms with E-state index < -0.39 is 0 Å². The Morgan fingerprint density at radius 2 is 1.90 bits per heavy atom. The molecular weight excluding hydrogens is 364 g/mol. The van der Waals surface area contributed by atoms with Crippen molar-refractivity contribution in [3.05, 3.63) is 23.9 Å². The number of carbonyl (C=O) groups is 2. The predicted octanol–water partition coefficient (Wildman–Crippen LogP) is 3.23. The van der Waals surface area contributed by atoms with Crippen LogP contribution in [0.15, 0.2) is 18.3 Å². The maximum absolute atomic E-state index is 12.8. The van der Waals surface area contributed by atoms with Crippen LogP contribution in [0.3, 0.4) is 0 Å². The average Bonchev–Trinajstić information content (AvgIpc) is 3.22. The van der Waals surface area contributed by atoms with E-state index in [-0.39, 0.29) is 17.9 Å². The van der Waals surface area contributed by atoms with Crippen LogP contribution in [0.25, 0.3) is 0 Å². The first-order valence-electron chi connectivity index (χ1n) is 11.4. The van der Waals surface area contributed by atoms with Gasteiger partial charge in [-0.1, -0.05) is 6.92 Å². The molecule has 1 aromatic rings. The molecular formula is C23H34N4O2. The van der Waals surface area contributed by atoms with E-state index in [2.05, 4.69) is 22.1 Å². The molecule has 3 heterocycles. The van der Waals surface area contributed by atoms with Crippen molar-refractivity contribution in [1.82, 2.24) is 15.2 Å². The van der Waals surface area contributed by atoms with Crippen molar-refractivity contribution in [1.29, 1.82) is 0 Å². The molecule has 158 valence electrons. The zero-order chi connectivity index (χ0) is 20.2. The van der Waals surface area contributed by atoms with Crippen molar-refractivity contribution in [2.45, 2.75) is 64.3 Å². The van der Waals surface area contributed by atoms with Crippen molar-refractivity contribution in [3.63, 3.8) is 0 Å².